The Balaban J connectivity index is 1.41. The summed E-state index contributed by atoms with van der Waals surface area (Å²) < 4.78 is 13.7. The molecule has 1 saturated heterocycles. The molecule has 3 rings (SSSR count). The summed E-state index contributed by atoms with van der Waals surface area (Å²) in [7, 11) is 0. The fourth-order valence-electron chi connectivity index (χ4n) is 3.75. The quantitative estimate of drug-likeness (QED) is 0.849. The highest BCUT2D eigenvalue weighted by Crippen LogP contribution is 2.26. The van der Waals surface area contributed by atoms with Gasteiger partial charge in [0.2, 0.25) is 0 Å². The zero-order valence-corrected chi connectivity index (χ0v) is 14.6. The molecule has 4 nitrogen and oxygen atoms in total. The van der Waals surface area contributed by atoms with Crippen molar-refractivity contribution in [3.63, 3.8) is 0 Å². The van der Waals surface area contributed by atoms with Crippen LogP contribution in [0, 0.1) is 11.7 Å². The van der Waals surface area contributed by atoms with Crippen LogP contribution in [0.1, 0.15) is 38.5 Å². The van der Waals surface area contributed by atoms with E-state index in [9.17, 15) is 9.18 Å². The Bertz CT molecular complexity index is 569. The molecule has 1 aliphatic carbocycles. The first kappa shape index (κ1) is 17.5. The Kier molecular flexibility index (Phi) is 5.95. The number of halogens is 2. The molecule has 2 N–H and O–H groups in total. The molecule has 1 heterocycles. The molecule has 0 radical (unpaired) electrons. The van der Waals surface area contributed by atoms with Crippen LogP contribution in [0.4, 0.5) is 14.9 Å². The maximum absolute atomic E-state index is 13.7. The summed E-state index contributed by atoms with van der Waals surface area (Å²) >= 11 is 5.71. The standard InChI is InChI=1S/C18H25ClFN3O/c19-14-5-6-17(16(20)11-14)22-18(24)21-15-7-9-23(10-8-15)12-13-3-1-2-4-13/h5-6,11,13,15H,1-4,7-10,12H2,(H2,21,22,24). The molecule has 0 atom stereocenters. The first-order chi connectivity index (χ1) is 11.6. The first-order valence-corrected chi connectivity index (χ1v) is 9.23. The second kappa shape index (κ2) is 8.17. The van der Waals surface area contributed by atoms with E-state index in [4.69, 9.17) is 11.6 Å². The van der Waals surface area contributed by atoms with Crippen molar-refractivity contribution < 1.29 is 9.18 Å². The van der Waals surface area contributed by atoms with Gasteiger partial charge in [-0.3, -0.25) is 0 Å². The lowest BCUT2D eigenvalue weighted by molar-refractivity contribution is 0.173. The number of carbonyl (C=O) groups excluding carboxylic acids is 1. The van der Waals surface area contributed by atoms with Crippen molar-refractivity contribution in [2.45, 2.75) is 44.6 Å². The molecule has 1 aromatic rings. The minimum absolute atomic E-state index is 0.149. The van der Waals surface area contributed by atoms with Gasteiger partial charge in [0, 0.05) is 30.7 Å². The van der Waals surface area contributed by atoms with Crippen LogP contribution < -0.4 is 10.6 Å². The van der Waals surface area contributed by atoms with E-state index in [2.05, 4.69) is 15.5 Å². The minimum Gasteiger partial charge on any atom is -0.335 e. The van der Waals surface area contributed by atoms with Crippen molar-refractivity contribution in [3.8, 4) is 0 Å². The van der Waals surface area contributed by atoms with Gasteiger partial charge >= 0.3 is 6.03 Å². The normalized spacial score (nSPS) is 20.2. The summed E-state index contributed by atoms with van der Waals surface area (Å²) in [6, 6.07) is 4.02. The number of benzene rings is 1. The Hall–Kier alpha value is -1.33. The summed E-state index contributed by atoms with van der Waals surface area (Å²) in [5, 5.41) is 5.82. The number of nitrogens with zero attached hydrogens (tertiary/aromatic N) is 1. The van der Waals surface area contributed by atoms with Crippen molar-refractivity contribution in [3.05, 3.63) is 29.0 Å². The highest BCUT2D eigenvalue weighted by Gasteiger charge is 2.24. The molecule has 0 bridgehead atoms. The van der Waals surface area contributed by atoms with Crippen LogP contribution in [-0.4, -0.2) is 36.6 Å². The predicted molar refractivity (Wildman–Crippen MR) is 95.0 cm³/mol. The van der Waals surface area contributed by atoms with E-state index in [-0.39, 0.29) is 17.8 Å². The molecule has 6 heteroatoms. The van der Waals surface area contributed by atoms with E-state index < -0.39 is 5.82 Å². The van der Waals surface area contributed by atoms with Crippen LogP contribution in [-0.2, 0) is 0 Å². The Morgan fingerprint density at radius 2 is 1.92 bits per heavy atom. The minimum atomic E-state index is -0.524. The van der Waals surface area contributed by atoms with Crippen LogP contribution in [0.15, 0.2) is 18.2 Å². The number of carbonyl (C=O) groups is 1. The Morgan fingerprint density at radius 1 is 1.21 bits per heavy atom. The van der Waals surface area contributed by atoms with Crippen LogP contribution in [0.3, 0.4) is 0 Å². The highest BCUT2D eigenvalue weighted by molar-refractivity contribution is 6.30. The summed E-state index contributed by atoms with van der Waals surface area (Å²) in [6.07, 6.45) is 7.39. The maximum atomic E-state index is 13.7. The van der Waals surface area contributed by atoms with Crippen molar-refractivity contribution >= 4 is 23.3 Å². The molecule has 0 unspecified atom stereocenters. The first-order valence-electron chi connectivity index (χ1n) is 8.85. The monoisotopic (exact) mass is 353 g/mol. The zero-order chi connectivity index (χ0) is 16.9. The molecule has 1 saturated carbocycles. The number of piperidine rings is 1. The van der Waals surface area contributed by atoms with Crippen molar-refractivity contribution in [1.29, 1.82) is 0 Å². The van der Waals surface area contributed by atoms with Gasteiger partial charge in [-0.05, 0) is 49.8 Å². The molecule has 1 aliphatic heterocycles. The maximum Gasteiger partial charge on any atom is 0.319 e. The van der Waals surface area contributed by atoms with E-state index in [0.29, 0.717) is 5.02 Å². The van der Waals surface area contributed by atoms with Gasteiger partial charge in [-0.15, -0.1) is 0 Å². The molecule has 0 spiro atoms. The number of anilines is 1. The van der Waals surface area contributed by atoms with Gasteiger partial charge in [0.25, 0.3) is 0 Å². The smallest absolute Gasteiger partial charge is 0.319 e. The van der Waals surface area contributed by atoms with E-state index >= 15 is 0 Å². The average Bonchev–Trinajstić information content (AvgIpc) is 3.05. The summed E-state index contributed by atoms with van der Waals surface area (Å²) in [6.45, 7) is 3.25. The van der Waals surface area contributed by atoms with Crippen molar-refractivity contribution in [2.75, 3.05) is 25.0 Å². The second-order valence-corrected chi connectivity index (χ2v) is 7.38. The lowest BCUT2D eigenvalue weighted by Gasteiger charge is -2.33. The Labute approximate surface area is 147 Å². The lowest BCUT2D eigenvalue weighted by Crippen LogP contribution is -2.46. The third-order valence-corrected chi connectivity index (χ3v) is 5.33. The molecule has 1 aromatic carbocycles. The van der Waals surface area contributed by atoms with Crippen LogP contribution >= 0.6 is 11.6 Å². The Morgan fingerprint density at radius 3 is 2.58 bits per heavy atom. The third-order valence-electron chi connectivity index (χ3n) is 5.09. The van der Waals surface area contributed by atoms with Gasteiger partial charge in [-0.2, -0.15) is 0 Å². The van der Waals surface area contributed by atoms with E-state index in [1.807, 2.05) is 0 Å². The molecular weight excluding hydrogens is 329 g/mol. The largest absolute Gasteiger partial charge is 0.335 e. The molecule has 0 aromatic heterocycles. The number of likely N-dealkylation sites (tertiary alicyclic amines) is 1. The number of hydrogen-bond donors (Lipinski definition) is 2. The molecule has 2 aliphatic rings. The van der Waals surface area contributed by atoms with Gasteiger partial charge in [0.15, 0.2) is 0 Å². The number of amides is 2. The molecule has 2 amide bonds. The van der Waals surface area contributed by atoms with Crippen molar-refractivity contribution in [2.24, 2.45) is 5.92 Å². The van der Waals surface area contributed by atoms with E-state index in [0.717, 1.165) is 31.8 Å². The number of urea groups is 1. The lowest BCUT2D eigenvalue weighted by atomic mass is 10.0. The number of nitrogens with one attached hydrogen (secondary N) is 2. The van der Waals surface area contributed by atoms with E-state index in [1.165, 1.54) is 44.4 Å². The molecule has 24 heavy (non-hydrogen) atoms. The third kappa shape index (κ3) is 4.84. The van der Waals surface area contributed by atoms with Gasteiger partial charge < -0.3 is 15.5 Å². The number of rotatable bonds is 4. The van der Waals surface area contributed by atoms with Gasteiger partial charge in [0.05, 0.1) is 5.69 Å². The number of hydrogen-bond acceptors (Lipinski definition) is 2. The van der Waals surface area contributed by atoms with Crippen LogP contribution in [0.5, 0.6) is 0 Å². The summed E-state index contributed by atoms with van der Waals surface area (Å²) in [4.78, 5) is 14.6. The molecule has 2 fully saturated rings. The fourth-order valence-corrected chi connectivity index (χ4v) is 3.91. The van der Waals surface area contributed by atoms with Gasteiger partial charge in [-0.1, -0.05) is 24.4 Å². The second-order valence-electron chi connectivity index (χ2n) is 6.95. The van der Waals surface area contributed by atoms with Crippen LogP contribution in [0.2, 0.25) is 5.02 Å². The van der Waals surface area contributed by atoms with Crippen LogP contribution in [0.25, 0.3) is 0 Å². The van der Waals surface area contributed by atoms with Crippen molar-refractivity contribution in [1.82, 2.24) is 10.2 Å². The summed E-state index contributed by atoms with van der Waals surface area (Å²) in [5.41, 5.74) is 0.149. The summed E-state index contributed by atoms with van der Waals surface area (Å²) in [5.74, 6) is 0.342. The SMILES string of the molecule is O=C(Nc1ccc(Cl)cc1F)NC1CCN(CC2CCCC2)CC1. The van der Waals surface area contributed by atoms with Gasteiger partial charge in [-0.25, -0.2) is 9.18 Å². The zero-order valence-electron chi connectivity index (χ0n) is 13.9. The molecular formula is C18H25ClFN3O. The average molecular weight is 354 g/mol. The van der Waals surface area contributed by atoms with Gasteiger partial charge in [0.1, 0.15) is 5.82 Å². The fraction of sp³-hybridized carbons (Fsp3) is 0.611. The highest BCUT2D eigenvalue weighted by atomic mass is 35.5. The molecule has 132 valence electrons. The topological polar surface area (TPSA) is 44.4 Å². The predicted octanol–water partition coefficient (Wildman–Crippen LogP) is 4.26. The van der Waals surface area contributed by atoms with E-state index in [1.54, 1.807) is 6.07 Å².